The van der Waals surface area contributed by atoms with Crippen LogP contribution < -0.4 is 28.7 Å². The molecule has 54 heavy (non-hydrogen) atoms. The first-order valence-electron chi connectivity index (χ1n) is 17.7. The van der Waals surface area contributed by atoms with Crippen molar-refractivity contribution in [3.63, 3.8) is 0 Å². The van der Waals surface area contributed by atoms with Gasteiger partial charge in [-0.3, -0.25) is 4.40 Å². The summed E-state index contributed by atoms with van der Waals surface area (Å²) in [6.07, 6.45) is 3.32. The molecule has 0 spiro atoms. The number of nitrogens with zero attached hydrogens (tertiary/aromatic N) is 7. The van der Waals surface area contributed by atoms with E-state index in [-0.39, 0.29) is 24.4 Å². The molecule has 2 saturated heterocycles. The second-order valence-corrected chi connectivity index (χ2v) is 15.1. The molecule has 0 bridgehead atoms. The summed E-state index contributed by atoms with van der Waals surface area (Å²) in [6, 6.07) is 15.2. The van der Waals surface area contributed by atoms with Gasteiger partial charge in [-0.1, -0.05) is 18.2 Å². The van der Waals surface area contributed by atoms with Gasteiger partial charge >= 0.3 is 6.18 Å². The molecule has 2 fully saturated rings. The number of aromatic nitrogens is 5. The largest absolute Gasteiger partial charge is 0.490 e. The summed E-state index contributed by atoms with van der Waals surface area (Å²) in [5.41, 5.74) is 2.36. The van der Waals surface area contributed by atoms with Gasteiger partial charge in [0.1, 0.15) is 40.2 Å². The molecule has 8 rings (SSSR count). The number of methoxy groups -OCH3 is 1. The van der Waals surface area contributed by atoms with Gasteiger partial charge in [-0.05, 0) is 43.7 Å². The van der Waals surface area contributed by atoms with E-state index in [1.165, 1.54) is 6.20 Å². The Balaban J connectivity index is 0.000000168. The molecule has 7 heterocycles. The number of pyridine rings is 2. The normalized spacial score (nSPS) is 17.5. The maximum absolute atomic E-state index is 13.1. The number of nitrogens with one attached hydrogen (secondary N) is 1. The highest BCUT2D eigenvalue weighted by molar-refractivity contribution is 7.89. The first-order chi connectivity index (χ1) is 25.9. The van der Waals surface area contributed by atoms with Gasteiger partial charge in [-0.15, -0.1) is 0 Å². The maximum atomic E-state index is 13.1. The smallest absolute Gasteiger partial charge is 0.450 e. The number of sulfonamides is 1. The van der Waals surface area contributed by atoms with Gasteiger partial charge < -0.3 is 24.0 Å². The fourth-order valence-electron chi connectivity index (χ4n) is 6.89. The van der Waals surface area contributed by atoms with Crippen LogP contribution in [0.3, 0.4) is 0 Å². The van der Waals surface area contributed by atoms with E-state index in [4.69, 9.17) is 14.2 Å². The third-order valence-electron chi connectivity index (χ3n) is 9.62. The molecule has 286 valence electrons. The number of halogens is 3. The SMILES string of the molecule is COc1ccc(OC2CCN(c3nc4cnc(C(F)(F)F)n4cc3C)CC2)cn1.Cc1cc2c(nc1N1CCC(Oc3ccccc3)CC1)CNS2(=O)=O. The highest BCUT2D eigenvalue weighted by Crippen LogP contribution is 2.32. The van der Waals surface area contributed by atoms with E-state index in [1.54, 1.807) is 32.4 Å². The Bertz CT molecular complexity index is 2190. The zero-order valence-corrected chi connectivity index (χ0v) is 30.9. The zero-order valence-electron chi connectivity index (χ0n) is 30.1. The molecular formula is C37H41F3N8O5S. The third-order valence-corrected chi connectivity index (χ3v) is 11.1. The van der Waals surface area contributed by atoms with E-state index in [2.05, 4.69) is 34.5 Å². The number of para-hydroxylation sites is 1. The summed E-state index contributed by atoms with van der Waals surface area (Å²) in [5, 5.41) is 0. The van der Waals surface area contributed by atoms with Crippen LogP contribution in [0.5, 0.6) is 17.4 Å². The van der Waals surface area contributed by atoms with Gasteiger partial charge in [0.25, 0.3) is 0 Å². The molecule has 3 aliphatic rings. The van der Waals surface area contributed by atoms with Gasteiger partial charge in [-0.25, -0.2) is 33.1 Å². The van der Waals surface area contributed by atoms with Crippen molar-refractivity contribution in [1.29, 1.82) is 0 Å². The molecule has 0 unspecified atom stereocenters. The first-order valence-corrected chi connectivity index (χ1v) is 19.2. The van der Waals surface area contributed by atoms with E-state index in [0.717, 1.165) is 66.5 Å². The van der Waals surface area contributed by atoms with Crippen molar-refractivity contribution in [2.75, 3.05) is 43.1 Å². The monoisotopic (exact) mass is 766 g/mol. The molecule has 0 aliphatic carbocycles. The van der Waals surface area contributed by atoms with E-state index >= 15 is 0 Å². The summed E-state index contributed by atoms with van der Waals surface area (Å²) < 4.78 is 83.6. The van der Waals surface area contributed by atoms with E-state index in [0.29, 0.717) is 46.7 Å². The molecule has 1 N–H and O–H groups in total. The minimum atomic E-state index is -4.52. The van der Waals surface area contributed by atoms with Crippen molar-refractivity contribution < 1.29 is 35.8 Å². The molecule has 3 aliphatic heterocycles. The topological polar surface area (TPSA) is 136 Å². The molecule has 0 amide bonds. The van der Waals surface area contributed by atoms with Gasteiger partial charge in [0, 0.05) is 69.7 Å². The summed E-state index contributed by atoms with van der Waals surface area (Å²) in [6.45, 7) is 7.04. The predicted molar refractivity (Wildman–Crippen MR) is 195 cm³/mol. The Kier molecular flexibility index (Phi) is 10.5. The molecule has 0 saturated carbocycles. The number of piperidine rings is 2. The number of rotatable bonds is 7. The van der Waals surface area contributed by atoms with Crippen LogP contribution in [0.4, 0.5) is 24.8 Å². The lowest BCUT2D eigenvalue weighted by molar-refractivity contribution is -0.145. The Morgan fingerprint density at radius 1 is 0.796 bits per heavy atom. The van der Waals surface area contributed by atoms with Crippen molar-refractivity contribution in [2.24, 2.45) is 0 Å². The second-order valence-electron chi connectivity index (χ2n) is 13.4. The highest BCUT2D eigenvalue weighted by atomic mass is 32.2. The molecule has 0 radical (unpaired) electrons. The predicted octanol–water partition coefficient (Wildman–Crippen LogP) is 5.74. The third kappa shape index (κ3) is 8.16. The summed E-state index contributed by atoms with van der Waals surface area (Å²) in [5.74, 6) is 2.71. The van der Waals surface area contributed by atoms with Gasteiger partial charge in [0.15, 0.2) is 5.65 Å². The minimum absolute atomic E-state index is 0.0391. The lowest BCUT2D eigenvalue weighted by Gasteiger charge is -2.34. The van der Waals surface area contributed by atoms with Crippen molar-refractivity contribution in [3.05, 3.63) is 89.8 Å². The van der Waals surface area contributed by atoms with E-state index in [9.17, 15) is 21.6 Å². The lowest BCUT2D eigenvalue weighted by atomic mass is 10.1. The fraction of sp³-hybridized carbons (Fsp3) is 0.405. The molecule has 17 heteroatoms. The molecule has 1 aromatic carbocycles. The summed E-state index contributed by atoms with van der Waals surface area (Å²) >= 11 is 0. The van der Waals surface area contributed by atoms with Crippen LogP contribution in [0.15, 0.2) is 72.0 Å². The number of benzene rings is 1. The van der Waals surface area contributed by atoms with Crippen LogP contribution in [-0.2, 0) is 22.7 Å². The van der Waals surface area contributed by atoms with Crippen LogP contribution in [0.25, 0.3) is 5.65 Å². The second kappa shape index (κ2) is 15.3. The van der Waals surface area contributed by atoms with Crippen LogP contribution in [0.1, 0.15) is 48.3 Å². The van der Waals surface area contributed by atoms with Crippen LogP contribution in [0, 0.1) is 13.8 Å². The number of ether oxygens (including phenoxy) is 3. The Hall–Kier alpha value is -5.16. The van der Waals surface area contributed by atoms with Gasteiger partial charge in [-0.2, -0.15) is 13.2 Å². The van der Waals surface area contributed by atoms with E-state index in [1.807, 2.05) is 43.3 Å². The number of fused-ring (bicyclic) bond motifs is 2. The number of hydrogen-bond acceptors (Lipinski definition) is 11. The zero-order chi connectivity index (χ0) is 38.0. The molecule has 0 atom stereocenters. The number of hydrogen-bond donors (Lipinski definition) is 1. The molecule has 13 nitrogen and oxygen atoms in total. The lowest BCUT2D eigenvalue weighted by Crippen LogP contribution is -2.39. The standard InChI is InChI=1S/C19H20F3N5O2.C18H21N3O3S/c1-12-11-27-15(10-24-18(27)19(20,21)22)25-17(12)26-7-5-13(6-8-26)29-14-3-4-16(28-2)23-9-14;1-13-11-17-16(12-19-25(17,22)23)20-18(13)21-9-7-15(8-10-21)24-14-5-3-2-4-6-14/h3-4,9-11,13H,5-8H2,1-2H3;2-6,11,15,19H,7-10,12H2,1H3. The number of aryl methyl sites for hydroxylation is 2. The molecule has 4 aromatic heterocycles. The quantitative estimate of drug-likeness (QED) is 0.217. The Labute approximate surface area is 311 Å². The van der Waals surface area contributed by atoms with Crippen LogP contribution >= 0.6 is 0 Å². The summed E-state index contributed by atoms with van der Waals surface area (Å²) in [7, 11) is -1.81. The van der Waals surface area contributed by atoms with Crippen molar-refractivity contribution >= 4 is 27.3 Å². The van der Waals surface area contributed by atoms with Crippen molar-refractivity contribution in [3.8, 4) is 17.4 Å². The van der Waals surface area contributed by atoms with Crippen molar-refractivity contribution in [2.45, 2.75) is 69.4 Å². The van der Waals surface area contributed by atoms with E-state index < -0.39 is 22.0 Å². The highest BCUT2D eigenvalue weighted by Gasteiger charge is 2.36. The number of anilines is 2. The summed E-state index contributed by atoms with van der Waals surface area (Å²) in [4.78, 5) is 21.3. The average molecular weight is 767 g/mol. The number of alkyl halides is 3. The average Bonchev–Trinajstić information content (AvgIpc) is 3.72. The van der Waals surface area contributed by atoms with Crippen molar-refractivity contribution in [1.82, 2.24) is 29.1 Å². The maximum Gasteiger partial charge on any atom is 0.450 e. The van der Waals surface area contributed by atoms with Crippen LogP contribution in [0.2, 0.25) is 0 Å². The Morgan fingerprint density at radius 3 is 2.02 bits per heavy atom. The number of imidazole rings is 1. The van der Waals surface area contributed by atoms with Gasteiger partial charge in [0.2, 0.25) is 21.7 Å². The van der Waals surface area contributed by atoms with Crippen LogP contribution in [-0.4, -0.2) is 78.3 Å². The van der Waals surface area contributed by atoms with Gasteiger partial charge in [0.05, 0.1) is 31.7 Å². The first kappa shape index (κ1) is 37.2. The Morgan fingerprint density at radius 2 is 1.43 bits per heavy atom. The minimum Gasteiger partial charge on any atom is -0.490 e. The molecular weight excluding hydrogens is 726 g/mol. The molecule has 5 aromatic rings. The fourth-order valence-corrected chi connectivity index (χ4v) is 8.13.